The van der Waals surface area contributed by atoms with E-state index in [9.17, 15) is 4.79 Å². The van der Waals surface area contributed by atoms with E-state index >= 15 is 0 Å². The van der Waals surface area contributed by atoms with E-state index in [1.54, 1.807) is 0 Å². The molecule has 20 heavy (non-hydrogen) atoms. The lowest BCUT2D eigenvalue weighted by Gasteiger charge is -2.22. The Bertz CT molecular complexity index is 387. The number of hydrogen-bond acceptors (Lipinski definition) is 2. The van der Waals surface area contributed by atoms with Crippen LogP contribution >= 0.6 is 0 Å². The maximum absolute atomic E-state index is 12.1. The van der Waals surface area contributed by atoms with Crippen LogP contribution in [0.25, 0.3) is 0 Å². The molecule has 2 N–H and O–H groups in total. The van der Waals surface area contributed by atoms with E-state index in [1.807, 2.05) is 25.1 Å². The van der Waals surface area contributed by atoms with Gasteiger partial charge in [-0.1, -0.05) is 44.2 Å². The van der Waals surface area contributed by atoms with Crippen molar-refractivity contribution in [3.8, 4) is 0 Å². The molecule has 0 aliphatic heterocycles. The Hall–Kier alpha value is -1.35. The molecule has 3 heteroatoms. The van der Waals surface area contributed by atoms with Crippen molar-refractivity contribution in [3.05, 3.63) is 35.9 Å². The summed E-state index contributed by atoms with van der Waals surface area (Å²) in [6, 6.07) is 10.8. The summed E-state index contributed by atoms with van der Waals surface area (Å²) in [5.41, 5.74) is 1.29. The predicted molar refractivity (Wildman–Crippen MR) is 84.7 cm³/mol. The quantitative estimate of drug-likeness (QED) is 0.766. The van der Waals surface area contributed by atoms with Gasteiger partial charge in [0.2, 0.25) is 5.91 Å². The first-order chi connectivity index (χ1) is 9.56. The van der Waals surface area contributed by atoms with Crippen molar-refractivity contribution in [2.24, 2.45) is 0 Å². The van der Waals surface area contributed by atoms with E-state index < -0.39 is 0 Å². The third kappa shape index (κ3) is 5.74. The molecule has 112 valence electrons. The molecule has 2 atom stereocenters. The SMILES string of the molecule is CCC(CC)NC(=O)C(C)NC(C)Cc1ccccc1. The smallest absolute Gasteiger partial charge is 0.237 e. The monoisotopic (exact) mass is 276 g/mol. The fourth-order valence-electron chi connectivity index (χ4n) is 2.35. The molecule has 1 aromatic carbocycles. The number of nitrogens with one attached hydrogen (secondary N) is 2. The first-order valence-electron chi connectivity index (χ1n) is 7.67. The molecule has 0 bridgehead atoms. The molecule has 0 aliphatic carbocycles. The van der Waals surface area contributed by atoms with Crippen molar-refractivity contribution in [2.75, 3.05) is 0 Å². The molecular formula is C17H28N2O. The lowest BCUT2D eigenvalue weighted by atomic mass is 10.1. The zero-order chi connectivity index (χ0) is 15.0. The van der Waals surface area contributed by atoms with Gasteiger partial charge in [-0.15, -0.1) is 0 Å². The molecule has 1 rings (SSSR count). The van der Waals surface area contributed by atoms with Crippen molar-refractivity contribution < 1.29 is 4.79 Å². The van der Waals surface area contributed by atoms with E-state index in [-0.39, 0.29) is 24.0 Å². The van der Waals surface area contributed by atoms with Gasteiger partial charge in [0.1, 0.15) is 0 Å². The second kappa shape index (κ2) is 8.75. The summed E-state index contributed by atoms with van der Waals surface area (Å²) in [6.07, 6.45) is 2.90. The number of carbonyl (C=O) groups is 1. The fraction of sp³-hybridized carbons (Fsp3) is 0.588. The number of amides is 1. The van der Waals surface area contributed by atoms with Gasteiger partial charge in [-0.2, -0.15) is 0 Å². The van der Waals surface area contributed by atoms with Crippen LogP contribution in [0, 0.1) is 0 Å². The average molecular weight is 276 g/mol. The van der Waals surface area contributed by atoms with Crippen molar-refractivity contribution >= 4 is 5.91 Å². The third-order valence-corrected chi connectivity index (χ3v) is 3.64. The largest absolute Gasteiger partial charge is 0.352 e. The molecule has 0 fully saturated rings. The first-order valence-corrected chi connectivity index (χ1v) is 7.67. The van der Waals surface area contributed by atoms with Gasteiger partial charge in [0.15, 0.2) is 0 Å². The Morgan fingerprint density at radius 2 is 1.70 bits per heavy atom. The van der Waals surface area contributed by atoms with E-state index in [0.717, 1.165) is 19.3 Å². The van der Waals surface area contributed by atoms with Crippen LogP contribution in [-0.2, 0) is 11.2 Å². The highest BCUT2D eigenvalue weighted by Crippen LogP contribution is 2.04. The van der Waals surface area contributed by atoms with Crippen molar-refractivity contribution in [3.63, 3.8) is 0 Å². The van der Waals surface area contributed by atoms with Crippen LogP contribution in [-0.4, -0.2) is 24.0 Å². The highest BCUT2D eigenvalue weighted by molar-refractivity contribution is 5.81. The molecule has 2 unspecified atom stereocenters. The van der Waals surface area contributed by atoms with Gasteiger partial charge in [0, 0.05) is 12.1 Å². The second-order valence-electron chi connectivity index (χ2n) is 5.50. The molecule has 1 amide bonds. The Morgan fingerprint density at radius 3 is 2.25 bits per heavy atom. The van der Waals surface area contributed by atoms with Crippen LogP contribution < -0.4 is 10.6 Å². The Labute approximate surface area is 123 Å². The number of benzene rings is 1. The van der Waals surface area contributed by atoms with Crippen molar-refractivity contribution in [1.82, 2.24) is 10.6 Å². The Kier molecular flexibility index (Phi) is 7.31. The summed E-state index contributed by atoms with van der Waals surface area (Å²) in [5.74, 6) is 0.0959. The minimum atomic E-state index is -0.158. The highest BCUT2D eigenvalue weighted by atomic mass is 16.2. The molecular weight excluding hydrogens is 248 g/mol. The lowest BCUT2D eigenvalue weighted by Crippen LogP contribution is -2.48. The molecule has 0 heterocycles. The van der Waals surface area contributed by atoms with Gasteiger partial charge < -0.3 is 10.6 Å². The van der Waals surface area contributed by atoms with Crippen LogP contribution in [0.1, 0.15) is 46.1 Å². The van der Waals surface area contributed by atoms with Crippen LogP contribution in [0.3, 0.4) is 0 Å². The van der Waals surface area contributed by atoms with E-state index in [0.29, 0.717) is 0 Å². The summed E-state index contributed by atoms with van der Waals surface area (Å²) < 4.78 is 0. The van der Waals surface area contributed by atoms with Crippen LogP contribution in [0.2, 0.25) is 0 Å². The minimum absolute atomic E-state index is 0.0959. The number of carbonyl (C=O) groups excluding carboxylic acids is 1. The highest BCUT2D eigenvalue weighted by Gasteiger charge is 2.17. The number of hydrogen-bond donors (Lipinski definition) is 2. The van der Waals surface area contributed by atoms with Crippen LogP contribution in [0.4, 0.5) is 0 Å². The van der Waals surface area contributed by atoms with Gasteiger partial charge >= 0.3 is 0 Å². The van der Waals surface area contributed by atoms with Gasteiger partial charge in [0.05, 0.1) is 6.04 Å². The van der Waals surface area contributed by atoms with Gasteiger partial charge in [-0.3, -0.25) is 4.79 Å². The summed E-state index contributed by atoms with van der Waals surface area (Å²) in [4.78, 5) is 12.1. The zero-order valence-electron chi connectivity index (χ0n) is 13.1. The van der Waals surface area contributed by atoms with E-state index in [2.05, 4.69) is 43.5 Å². The van der Waals surface area contributed by atoms with E-state index in [1.165, 1.54) is 5.56 Å². The summed E-state index contributed by atoms with van der Waals surface area (Å²) >= 11 is 0. The number of rotatable bonds is 8. The maximum Gasteiger partial charge on any atom is 0.237 e. The topological polar surface area (TPSA) is 41.1 Å². The third-order valence-electron chi connectivity index (χ3n) is 3.64. The molecule has 3 nitrogen and oxygen atoms in total. The van der Waals surface area contributed by atoms with Gasteiger partial charge in [-0.25, -0.2) is 0 Å². The van der Waals surface area contributed by atoms with Crippen LogP contribution in [0.5, 0.6) is 0 Å². The Morgan fingerprint density at radius 1 is 1.10 bits per heavy atom. The van der Waals surface area contributed by atoms with Crippen molar-refractivity contribution in [2.45, 2.75) is 65.1 Å². The molecule has 0 radical (unpaired) electrons. The molecule has 0 saturated heterocycles. The van der Waals surface area contributed by atoms with Crippen LogP contribution in [0.15, 0.2) is 30.3 Å². The minimum Gasteiger partial charge on any atom is -0.352 e. The van der Waals surface area contributed by atoms with Gasteiger partial charge in [0.25, 0.3) is 0 Å². The molecule has 0 saturated carbocycles. The molecule has 0 aliphatic rings. The predicted octanol–water partition coefficient (Wildman–Crippen LogP) is 2.90. The molecule has 1 aromatic rings. The lowest BCUT2D eigenvalue weighted by molar-refractivity contribution is -0.123. The molecule has 0 aromatic heterocycles. The summed E-state index contributed by atoms with van der Waals surface area (Å²) in [5, 5.41) is 6.45. The maximum atomic E-state index is 12.1. The second-order valence-corrected chi connectivity index (χ2v) is 5.50. The standard InChI is InChI=1S/C17H28N2O/c1-5-16(6-2)19-17(20)14(4)18-13(3)12-15-10-8-7-9-11-15/h7-11,13-14,16,18H,5-6,12H2,1-4H3,(H,19,20). The van der Waals surface area contributed by atoms with Gasteiger partial charge in [-0.05, 0) is 38.7 Å². The summed E-state index contributed by atoms with van der Waals surface area (Å²) in [7, 11) is 0. The summed E-state index contributed by atoms with van der Waals surface area (Å²) in [6.45, 7) is 8.25. The zero-order valence-corrected chi connectivity index (χ0v) is 13.1. The average Bonchev–Trinajstić information content (AvgIpc) is 2.45. The first kappa shape index (κ1) is 16.7. The Balaban J connectivity index is 2.40. The molecule has 0 spiro atoms. The fourth-order valence-corrected chi connectivity index (χ4v) is 2.35. The van der Waals surface area contributed by atoms with Crippen molar-refractivity contribution in [1.29, 1.82) is 0 Å². The van der Waals surface area contributed by atoms with E-state index in [4.69, 9.17) is 0 Å². The normalized spacial score (nSPS) is 14.1.